The van der Waals surface area contributed by atoms with Gasteiger partial charge in [-0.3, -0.25) is 9.69 Å². The highest BCUT2D eigenvalue weighted by Crippen LogP contribution is 2.40. The fourth-order valence-corrected chi connectivity index (χ4v) is 4.32. The van der Waals surface area contributed by atoms with Gasteiger partial charge in [0.25, 0.3) is 5.56 Å². The summed E-state index contributed by atoms with van der Waals surface area (Å²) in [7, 11) is 3.16. The van der Waals surface area contributed by atoms with Gasteiger partial charge in [0.2, 0.25) is 0 Å². The summed E-state index contributed by atoms with van der Waals surface area (Å²) in [6.07, 6.45) is 0. The van der Waals surface area contributed by atoms with Crippen LogP contribution in [-0.2, 0) is 6.54 Å². The second kappa shape index (κ2) is 8.89. The van der Waals surface area contributed by atoms with E-state index in [4.69, 9.17) is 9.47 Å². The lowest BCUT2D eigenvalue weighted by Gasteiger charge is -2.19. The fraction of sp³-hybridized carbons (Fsp3) is 0.333. The predicted octanol–water partition coefficient (Wildman–Crippen LogP) is 3.62. The summed E-state index contributed by atoms with van der Waals surface area (Å²) in [4.78, 5) is 21.6. The Bertz CT molecular complexity index is 1110. The minimum atomic E-state index is -0.283. The predicted molar refractivity (Wildman–Crippen MR) is 116 cm³/mol. The Hall–Kier alpha value is -3.19. The van der Waals surface area contributed by atoms with Gasteiger partial charge in [-0.1, -0.05) is 18.2 Å². The van der Waals surface area contributed by atoms with Gasteiger partial charge in [-0.2, -0.15) is 0 Å². The molecule has 7 heteroatoms. The highest BCUT2D eigenvalue weighted by Gasteiger charge is 2.36. The number of aryl methyl sites for hydroxylation is 1. The molecule has 1 aromatic heterocycles. The van der Waals surface area contributed by atoms with Crippen molar-refractivity contribution in [1.29, 1.82) is 0 Å². The summed E-state index contributed by atoms with van der Waals surface area (Å²) in [5, 5.41) is 0. The lowest BCUT2D eigenvalue weighted by atomic mass is 9.86. The first-order chi connectivity index (χ1) is 15.0. The summed E-state index contributed by atoms with van der Waals surface area (Å²) in [6.45, 7) is 3.67. The van der Waals surface area contributed by atoms with Gasteiger partial charge < -0.3 is 14.5 Å². The summed E-state index contributed by atoms with van der Waals surface area (Å²) >= 11 is 0. The van der Waals surface area contributed by atoms with Gasteiger partial charge >= 0.3 is 0 Å². The molecule has 1 saturated heterocycles. The number of benzene rings is 2. The molecule has 2 heterocycles. The molecule has 2 atom stereocenters. The zero-order valence-electron chi connectivity index (χ0n) is 17.9. The van der Waals surface area contributed by atoms with Crippen LogP contribution in [0.5, 0.6) is 11.5 Å². The first kappa shape index (κ1) is 21.1. The van der Waals surface area contributed by atoms with Gasteiger partial charge in [0.15, 0.2) is 0 Å². The van der Waals surface area contributed by atoms with Gasteiger partial charge in [0.05, 0.1) is 19.9 Å². The van der Waals surface area contributed by atoms with Crippen molar-refractivity contribution < 1.29 is 13.9 Å². The zero-order valence-corrected chi connectivity index (χ0v) is 17.9. The Labute approximate surface area is 180 Å². The maximum absolute atomic E-state index is 14.5. The first-order valence-corrected chi connectivity index (χ1v) is 10.2. The quantitative estimate of drug-likeness (QED) is 0.656. The third-order valence-electron chi connectivity index (χ3n) is 5.85. The number of halogens is 1. The second-order valence-electron chi connectivity index (χ2n) is 7.89. The largest absolute Gasteiger partial charge is 0.497 e. The maximum Gasteiger partial charge on any atom is 0.251 e. The van der Waals surface area contributed by atoms with E-state index in [2.05, 4.69) is 14.9 Å². The second-order valence-corrected chi connectivity index (χ2v) is 7.89. The van der Waals surface area contributed by atoms with Gasteiger partial charge in [-0.25, -0.2) is 9.37 Å². The SMILES string of the molecule is COc1ccc([C@@H]2CN(Cc3ccc(OC)cc3F)C[C@H]2c2cc(=O)[nH]c(C)n2)cc1. The Morgan fingerprint density at radius 2 is 1.71 bits per heavy atom. The van der Waals surface area contributed by atoms with Crippen LogP contribution >= 0.6 is 0 Å². The van der Waals surface area contributed by atoms with Crippen LogP contribution in [0.2, 0.25) is 0 Å². The molecule has 2 aromatic carbocycles. The molecule has 0 aliphatic carbocycles. The van der Waals surface area contributed by atoms with Crippen molar-refractivity contribution in [2.45, 2.75) is 25.3 Å². The number of likely N-dealkylation sites (tertiary alicyclic amines) is 1. The van der Waals surface area contributed by atoms with E-state index in [1.165, 1.54) is 13.2 Å². The maximum atomic E-state index is 14.5. The number of nitrogens with zero attached hydrogens (tertiary/aromatic N) is 2. The van der Waals surface area contributed by atoms with Crippen molar-refractivity contribution >= 4 is 0 Å². The Morgan fingerprint density at radius 1 is 1.03 bits per heavy atom. The molecule has 4 rings (SSSR count). The van der Waals surface area contributed by atoms with Gasteiger partial charge in [0.1, 0.15) is 23.1 Å². The van der Waals surface area contributed by atoms with Crippen LogP contribution < -0.4 is 15.0 Å². The van der Waals surface area contributed by atoms with Crippen LogP contribution in [0, 0.1) is 12.7 Å². The first-order valence-electron chi connectivity index (χ1n) is 10.2. The van der Waals surface area contributed by atoms with Crippen LogP contribution in [0.1, 0.15) is 34.5 Å². The number of hydrogen-bond donors (Lipinski definition) is 1. The Balaban J connectivity index is 1.64. The van der Waals surface area contributed by atoms with Crippen molar-refractivity contribution in [3.05, 3.63) is 87.3 Å². The average Bonchev–Trinajstić information content (AvgIpc) is 3.18. The van der Waals surface area contributed by atoms with Crippen LogP contribution in [0.15, 0.2) is 53.3 Å². The number of methoxy groups -OCH3 is 2. The number of rotatable bonds is 6. The number of hydrogen-bond acceptors (Lipinski definition) is 5. The molecule has 0 spiro atoms. The van der Waals surface area contributed by atoms with E-state index >= 15 is 0 Å². The number of aromatic nitrogens is 2. The number of ether oxygens (including phenoxy) is 2. The van der Waals surface area contributed by atoms with E-state index in [1.54, 1.807) is 32.2 Å². The fourth-order valence-electron chi connectivity index (χ4n) is 4.32. The Morgan fingerprint density at radius 3 is 2.35 bits per heavy atom. The van der Waals surface area contributed by atoms with E-state index in [9.17, 15) is 9.18 Å². The number of nitrogens with one attached hydrogen (secondary N) is 1. The molecule has 0 unspecified atom stereocenters. The average molecular weight is 423 g/mol. The zero-order chi connectivity index (χ0) is 22.0. The lowest BCUT2D eigenvalue weighted by Crippen LogP contribution is -2.21. The van der Waals surface area contributed by atoms with Crippen molar-refractivity contribution in [1.82, 2.24) is 14.9 Å². The highest BCUT2D eigenvalue weighted by atomic mass is 19.1. The summed E-state index contributed by atoms with van der Waals surface area (Å²) < 4.78 is 24.9. The standard InChI is InChI=1S/C24H26FN3O3/c1-15-26-23(11-24(29)27-15)21-14-28(12-17-6-9-19(31-3)10-22(17)25)13-20(21)16-4-7-18(30-2)8-5-16/h4-11,20-21H,12-14H2,1-3H3,(H,26,27,29)/t20-,21+/m0/s1. The van der Waals surface area contributed by atoms with Crippen molar-refractivity contribution in [3.63, 3.8) is 0 Å². The topological polar surface area (TPSA) is 67.5 Å². The molecule has 0 amide bonds. The molecule has 1 aliphatic rings. The third kappa shape index (κ3) is 4.61. The van der Waals surface area contributed by atoms with E-state index in [0.29, 0.717) is 30.2 Å². The van der Waals surface area contributed by atoms with E-state index in [1.807, 2.05) is 24.3 Å². The molecule has 1 N–H and O–H groups in total. The summed E-state index contributed by atoms with van der Waals surface area (Å²) in [5.41, 5.74) is 2.36. The van der Waals surface area contributed by atoms with Gasteiger partial charge in [-0.05, 0) is 30.7 Å². The molecular formula is C24H26FN3O3. The Kier molecular flexibility index (Phi) is 6.04. The molecule has 0 radical (unpaired) electrons. The molecule has 162 valence electrons. The van der Waals surface area contributed by atoms with E-state index < -0.39 is 0 Å². The van der Waals surface area contributed by atoms with Crippen LogP contribution in [-0.4, -0.2) is 42.2 Å². The van der Waals surface area contributed by atoms with Gasteiger partial charge in [0, 0.05) is 49.2 Å². The van der Waals surface area contributed by atoms with Crippen LogP contribution in [0.3, 0.4) is 0 Å². The number of H-pyrrole nitrogens is 1. The molecule has 1 aliphatic heterocycles. The minimum absolute atomic E-state index is 0.0238. The van der Waals surface area contributed by atoms with E-state index in [-0.39, 0.29) is 23.2 Å². The monoisotopic (exact) mass is 423 g/mol. The summed E-state index contributed by atoms with van der Waals surface area (Å²) in [6, 6.07) is 14.5. The molecule has 0 saturated carbocycles. The lowest BCUT2D eigenvalue weighted by molar-refractivity contribution is 0.317. The minimum Gasteiger partial charge on any atom is -0.497 e. The molecular weight excluding hydrogens is 397 g/mol. The number of aromatic amines is 1. The van der Waals surface area contributed by atoms with E-state index in [0.717, 1.165) is 23.6 Å². The van der Waals surface area contributed by atoms with Crippen molar-refractivity contribution in [3.8, 4) is 11.5 Å². The molecule has 6 nitrogen and oxygen atoms in total. The molecule has 3 aromatic rings. The highest BCUT2D eigenvalue weighted by molar-refractivity contribution is 5.34. The molecule has 0 bridgehead atoms. The van der Waals surface area contributed by atoms with Crippen LogP contribution in [0.4, 0.5) is 4.39 Å². The van der Waals surface area contributed by atoms with Gasteiger partial charge in [-0.15, -0.1) is 0 Å². The van der Waals surface area contributed by atoms with Crippen molar-refractivity contribution in [2.24, 2.45) is 0 Å². The smallest absolute Gasteiger partial charge is 0.251 e. The molecule has 31 heavy (non-hydrogen) atoms. The van der Waals surface area contributed by atoms with Crippen LogP contribution in [0.25, 0.3) is 0 Å². The van der Waals surface area contributed by atoms with Crippen molar-refractivity contribution in [2.75, 3.05) is 27.3 Å². The normalized spacial score (nSPS) is 18.8. The summed E-state index contributed by atoms with van der Waals surface area (Å²) in [5.74, 6) is 1.75. The molecule has 1 fully saturated rings. The third-order valence-corrected chi connectivity index (χ3v) is 5.85.